The monoisotopic (exact) mass is 489 g/mol. The number of benzene rings is 2. The highest BCUT2D eigenvalue weighted by atomic mass is 32.2. The van der Waals surface area contributed by atoms with Gasteiger partial charge < -0.3 is 14.7 Å². The van der Waals surface area contributed by atoms with Crippen molar-refractivity contribution in [3.05, 3.63) is 71.8 Å². The summed E-state index contributed by atoms with van der Waals surface area (Å²) in [5.74, 6) is -2.09. The van der Waals surface area contributed by atoms with Gasteiger partial charge in [-0.15, -0.1) is 5.06 Å². The van der Waals surface area contributed by atoms with E-state index in [4.69, 9.17) is 9.57 Å². The molecule has 10 nitrogen and oxygen atoms in total. The van der Waals surface area contributed by atoms with Crippen molar-refractivity contribution in [3.63, 3.8) is 0 Å². The molecular weight excluding hydrogens is 462 g/mol. The molecule has 1 heterocycles. The minimum Gasteiger partial charge on any atom is -0.480 e. The number of nitrogens with zero attached hydrogens (tertiary/aromatic N) is 2. The first kappa shape index (κ1) is 24.1. The van der Waals surface area contributed by atoms with Crippen LogP contribution in [0.2, 0.25) is 0 Å². The first-order valence-electron chi connectivity index (χ1n) is 10.9. The third-order valence-electron chi connectivity index (χ3n) is 6.35. The Bertz CT molecular complexity index is 1120. The smallest absolute Gasteiger partial charge is 0.480 e. The van der Waals surface area contributed by atoms with Gasteiger partial charge in [0.2, 0.25) is 0 Å². The molecule has 1 aliphatic carbocycles. The highest BCUT2D eigenvalue weighted by Crippen LogP contribution is 2.57. The first-order valence-corrected chi connectivity index (χ1v) is 12.4. The van der Waals surface area contributed by atoms with Gasteiger partial charge in [-0.3, -0.25) is 4.79 Å². The number of ether oxygens (including phenoxy) is 1. The fourth-order valence-corrected chi connectivity index (χ4v) is 6.03. The van der Waals surface area contributed by atoms with Crippen LogP contribution in [0.3, 0.4) is 0 Å². The van der Waals surface area contributed by atoms with E-state index in [1.54, 1.807) is 31.2 Å². The summed E-state index contributed by atoms with van der Waals surface area (Å²) in [6.45, 7) is 2.10. The van der Waals surface area contributed by atoms with Crippen molar-refractivity contribution < 1.29 is 32.7 Å². The average Bonchev–Trinajstić information content (AvgIpc) is 3.42. The molecule has 3 atom stereocenters. The second-order valence-electron chi connectivity index (χ2n) is 8.40. The summed E-state index contributed by atoms with van der Waals surface area (Å²) in [7, 11) is -4.09. The van der Waals surface area contributed by atoms with Gasteiger partial charge >= 0.3 is 12.1 Å². The second kappa shape index (κ2) is 9.71. The lowest BCUT2D eigenvalue weighted by Crippen LogP contribution is -2.56. The zero-order valence-electron chi connectivity index (χ0n) is 18.7. The number of carboxylic acids is 1. The molecule has 0 bridgehead atoms. The number of aliphatic carboxylic acids is 1. The van der Waals surface area contributed by atoms with Crippen molar-refractivity contribution in [2.45, 2.75) is 25.0 Å². The van der Waals surface area contributed by atoms with E-state index in [1.165, 1.54) is 9.37 Å². The number of carboxylic acid groups (broad SMARTS) is 1. The van der Waals surface area contributed by atoms with E-state index in [2.05, 4.69) is 4.72 Å². The fraction of sp³-hybridized carbons (Fsp3) is 0.391. The van der Waals surface area contributed by atoms with E-state index in [0.29, 0.717) is 0 Å². The molecule has 0 spiro atoms. The number of nitrogens with one attached hydrogen (secondary N) is 1. The second-order valence-corrected chi connectivity index (χ2v) is 10.1. The lowest BCUT2D eigenvalue weighted by molar-refractivity contribution is -0.142. The molecule has 1 saturated heterocycles. The minimum absolute atomic E-state index is 0.0291. The Morgan fingerprint density at radius 3 is 2.21 bits per heavy atom. The molecular formula is C23H27N3O7S. The van der Waals surface area contributed by atoms with Crippen LogP contribution in [0.4, 0.5) is 4.79 Å². The zero-order chi connectivity index (χ0) is 24.3. The molecule has 0 unspecified atom stereocenters. The number of piperazine rings is 1. The van der Waals surface area contributed by atoms with Crippen LogP contribution in [-0.2, 0) is 31.2 Å². The molecule has 1 aliphatic heterocycles. The largest absolute Gasteiger partial charge is 0.528 e. The number of hydrogen-bond acceptors (Lipinski definition) is 7. The normalized spacial score (nSPS) is 25.4. The number of carbonyl (C=O) groups is 2. The summed E-state index contributed by atoms with van der Waals surface area (Å²) in [5.41, 5.74) is -0.0149. The molecule has 182 valence electrons. The number of hydroxylamine groups is 2. The van der Waals surface area contributed by atoms with Gasteiger partial charge in [0.15, 0.2) is 0 Å². The van der Waals surface area contributed by atoms with Crippen LogP contribution in [0.15, 0.2) is 60.7 Å². The predicted octanol–water partition coefficient (Wildman–Crippen LogP) is 1.96. The Kier molecular flexibility index (Phi) is 6.89. The summed E-state index contributed by atoms with van der Waals surface area (Å²) in [4.78, 5) is 29.2. The molecule has 0 aromatic heterocycles. The van der Waals surface area contributed by atoms with Crippen molar-refractivity contribution in [2.24, 2.45) is 5.92 Å². The lowest BCUT2D eigenvalue weighted by atomic mass is 10.1. The van der Waals surface area contributed by atoms with Gasteiger partial charge in [0.05, 0.1) is 0 Å². The predicted molar refractivity (Wildman–Crippen MR) is 122 cm³/mol. The molecule has 0 radical (unpaired) electrons. The summed E-state index contributed by atoms with van der Waals surface area (Å²) in [6.07, 6.45) is -0.874. The van der Waals surface area contributed by atoms with Crippen LogP contribution in [-0.4, -0.2) is 66.7 Å². The molecule has 0 amide bonds. The quantitative estimate of drug-likeness (QED) is 0.539. The molecule has 11 heteroatoms. The van der Waals surface area contributed by atoms with Crippen molar-refractivity contribution >= 4 is 22.3 Å². The molecule has 1 saturated carbocycles. The summed E-state index contributed by atoms with van der Waals surface area (Å²) < 4.78 is 34.8. The van der Waals surface area contributed by atoms with Crippen LogP contribution >= 0.6 is 0 Å². The zero-order valence-corrected chi connectivity index (χ0v) is 19.5. The third kappa shape index (κ3) is 4.92. The molecule has 34 heavy (non-hydrogen) atoms. The van der Waals surface area contributed by atoms with Crippen LogP contribution in [0.1, 0.15) is 24.0 Å². The first-order chi connectivity index (χ1) is 16.2. The van der Waals surface area contributed by atoms with E-state index in [0.717, 1.165) is 11.1 Å². The topological polar surface area (TPSA) is 125 Å². The fourth-order valence-electron chi connectivity index (χ4n) is 4.43. The third-order valence-corrected chi connectivity index (χ3v) is 7.99. The van der Waals surface area contributed by atoms with Gasteiger partial charge in [-0.1, -0.05) is 67.6 Å². The van der Waals surface area contributed by atoms with Gasteiger partial charge in [-0.2, -0.15) is 17.4 Å². The maximum Gasteiger partial charge on any atom is 0.528 e. The van der Waals surface area contributed by atoms with E-state index >= 15 is 0 Å². The SMILES string of the molecule is C[C@@H]1[C@H](c2ccccc2)[C@]1(NS(=O)(=O)N1CCN(OC(=O)OCc2ccccc2)CC1)C(=O)O. The standard InChI is InChI=1S/C23H27N3O7S/c1-17-20(19-10-6-3-7-11-19)23(17,21(27)28)24-34(30,31)26-14-12-25(13-15-26)33-22(29)32-16-18-8-4-2-5-9-18/h2-11,17,20,24H,12-16H2,1H3,(H,27,28)/t17-,20-,23+/m1/s1. The Balaban J connectivity index is 1.32. The van der Waals surface area contributed by atoms with Gasteiger partial charge in [0.1, 0.15) is 12.1 Å². The molecule has 2 fully saturated rings. The minimum atomic E-state index is -4.09. The van der Waals surface area contributed by atoms with Crippen molar-refractivity contribution in [3.8, 4) is 0 Å². The van der Waals surface area contributed by atoms with Crippen LogP contribution in [0, 0.1) is 5.92 Å². The highest BCUT2D eigenvalue weighted by Gasteiger charge is 2.70. The maximum atomic E-state index is 13.1. The number of rotatable bonds is 8. The van der Waals surface area contributed by atoms with E-state index < -0.39 is 39.7 Å². The van der Waals surface area contributed by atoms with Crippen molar-refractivity contribution in [1.82, 2.24) is 14.1 Å². The van der Waals surface area contributed by atoms with Gasteiger partial charge in [-0.25, -0.2) is 4.79 Å². The summed E-state index contributed by atoms with van der Waals surface area (Å²) in [5, 5.41) is 11.2. The molecule has 2 aromatic carbocycles. The summed E-state index contributed by atoms with van der Waals surface area (Å²) >= 11 is 0. The highest BCUT2D eigenvalue weighted by molar-refractivity contribution is 7.87. The Hall–Kier alpha value is -2.99. The average molecular weight is 490 g/mol. The van der Waals surface area contributed by atoms with Gasteiger partial charge in [0.25, 0.3) is 10.2 Å². The lowest BCUT2D eigenvalue weighted by Gasteiger charge is -2.33. The number of hydrogen-bond donors (Lipinski definition) is 2. The summed E-state index contributed by atoms with van der Waals surface area (Å²) in [6, 6.07) is 18.2. The maximum absolute atomic E-state index is 13.1. The van der Waals surface area contributed by atoms with Gasteiger partial charge in [0, 0.05) is 32.1 Å². The van der Waals surface area contributed by atoms with Crippen molar-refractivity contribution in [2.75, 3.05) is 26.2 Å². The van der Waals surface area contributed by atoms with Crippen LogP contribution in [0.25, 0.3) is 0 Å². The van der Waals surface area contributed by atoms with E-state index in [1.807, 2.05) is 36.4 Å². The number of carbonyl (C=O) groups excluding carboxylic acids is 1. The van der Waals surface area contributed by atoms with Crippen molar-refractivity contribution in [1.29, 1.82) is 0 Å². The molecule has 2 aliphatic rings. The van der Waals surface area contributed by atoms with Crippen LogP contribution in [0.5, 0.6) is 0 Å². The molecule has 2 aromatic rings. The Morgan fingerprint density at radius 2 is 1.62 bits per heavy atom. The Labute approximate surface area is 198 Å². The van der Waals surface area contributed by atoms with Crippen LogP contribution < -0.4 is 4.72 Å². The van der Waals surface area contributed by atoms with E-state index in [-0.39, 0.29) is 32.8 Å². The molecule has 2 N–H and O–H groups in total. The Morgan fingerprint density at radius 1 is 1.03 bits per heavy atom. The van der Waals surface area contributed by atoms with E-state index in [9.17, 15) is 23.1 Å². The molecule has 4 rings (SSSR count). The van der Waals surface area contributed by atoms with Gasteiger partial charge in [-0.05, 0) is 17.0 Å².